The van der Waals surface area contributed by atoms with Crippen molar-refractivity contribution in [2.24, 2.45) is 0 Å². The minimum Gasteiger partial charge on any atom is -0.325 e. The highest BCUT2D eigenvalue weighted by Crippen LogP contribution is 2.32. The minimum atomic E-state index is 0.571. The van der Waals surface area contributed by atoms with E-state index in [9.17, 15) is 0 Å². The van der Waals surface area contributed by atoms with Gasteiger partial charge in [-0.05, 0) is 44.4 Å². The quantitative estimate of drug-likeness (QED) is 0.822. The van der Waals surface area contributed by atoms with Crippen molar-refractivity contribution in [3.05, 3.63) is 40.7 Å². The molecule has 0 saturated heterocycles. The van der Waals surface area contributed by atoms with Crippen molar-refractivity contribution in [3.63, 3.8) is 0 Å². The molecule has 1 saturated carbocycles. The van der Waals surface area contributed by atoms with Gasteiger partial charge in [-0.3, -0.25) is 0 Å². The summed E-state index contributed by atoms with van der Waals surface area (Å²) >= 11 is 6.21. The zero-order valence-corrected chi connectivity index (χ0v) is 13.5. The Labute approximate surface area is 131 Å². The summed E-state index contributed by atoms with van der Waals surface area (Å²) in [4.78, 5) is 4.66. The van der Waals surface area contributed by atoms with E-state index >= 15 is 0 Å². The smallest absolute Gasteiger partial charge is 0.207 e. The highest BCUT2D eigenvalue weighted by atomic mass is 35.5. The summed E-state index contributed by atoms with van der Waals surface area (Å²) < 4.78 is 2.31. The maximum absolute atomic E-state index is 6.21. The zero-order valence-electron chi connectivity index (χ0n) is 12.7. The van der Waals surface area contributed by atoms with Crippen LogP contribution in [0.3, 0.4) is 0 Å². The van der Waals surface area contributed by atoms with Crippen LogP contribution in [0, 0.1) is 13.8 Å². The van der Waals surface area contributed by atoms with E-state index in [1.165, 1.54) is 32.1 Å². The molecule has 0 bridgehead atoms. The lowest BCUT2D eigenvalue weighted by Gasteiger charge is -2.25. The molecular formula is C17H22ClN3. The van der Waals surface area contributed by atoms with Gasteiger partial charge in [-0.2, -0.15) is 0 Å². The molecule has 1 aromatic carbocycles. The second kappa shape index (κ2) is 6.10. The van der Waals surface area contributed by atoms with E-state index in [4.69, 9.17) is 11.6 Å². The fourth-order valence-electron chi connectivity index (χ4n) is 3.11. The van der Waals surface area contributed by atoms with Crippen LogP contribution < -0.4 is 5.32 Å². The molecule has 112 valence electrons. The molecule has 21 heavy (non-hydrogen) atoms. The van der Waals surface area contributed by atoms with Gasteiger partial charge in [-0.25, -0.2) is 4.98 Å². The van der Waals surface area contributed by atoms with Crippen LogP contribution >= 0.6 is 11.6 Å². The lowest BCUT2D eigenvalue weighted by Crippen LogP contribution is -2.14. The fourth-order valence-corrected chi connectivity index (χ4v) is 3.28. The van der Waals surface area contributed by atoms with Gasteiger partial charge in [0.05, 0.1) is 5.69 Å². The first-order valence-corrected chi connectivity index (χ1v) is 8.10. The molecule has 0 unspecified atom stereocenters. The van der Waals surface area contributed by atoms with Gasteiger partial charge in [0.1, 0.15) is 0 Å². The van der Waals surface area contributed by atoms with Crippen molar-refractivity contribution < 1.29 is 0 Å². The fraction of sp³-hybridized carbons (Fsp3) is 0.471. The second-order valence-corrected chi connectivity index (χ2v) is 6.35. The Kier molecular flexibility index (Phi) is 4.20. The first kappa shape index (κ1) is 14.5. The molecule has 1 heterocycles. The molecule has 0 amide bonds. The van der Waals surface area contributed by atoms with Crippen molar-refractivity contribution >= 4 is 23.2 Å². The molecule has 1 N–H and O–H groups in total. The van der Waals surface area contributed by atoms with Crippen LogP contribution in [0.5, 0.6) is 0 Å². The normalized spacial score (nSPS) is 16.1. The molecule has 1 aliphatic carbocycles. The zero-order chi connectivity index (χ0) is 14.8. The number of aryl methyl sites for hydroxylation is 1. The van der Waals surface area contributed by atoms with Crippen LogP contribution in [0.25, 0.3) is 0 Å². The number of halogens is 1. The second-order valence-electron chi connectivity index (χ2n) is 5.94. The maximum Gasteiger partial charge on any atom is 0.207 e. The minimum absolute atomic E-state index is 0.571. The molecule has 1 fully saturated rings. The van der Waals surface area contributed by atoms with Crippen LogP contribution in [0.15, 0.2) is 24.4 Å². The maximum atomic E-state index is 6.21. The summed E-state index contributed by atoms with van der Waals surface area (Å²) in [5, 5.41) is 4.25. The Morgan fingerprint density at radius 1 is 1.19 bits per heavy atom. The van der Waals surface area contributed by atoms with E-state index in [1.54, 1.807) is 0 Å². The molecule has 1 aromatic heterocycles. The highest BCUT2D eigenvalue weighted by Gasteiger charge is 2.19. The SMILES string of the molecule is Cc1cn(C2CCCCC2)c(Nc2cccc(Cl)c2C)n1. The van der Waals surface area contributed by atoms with Gasteiger partial charge in [-0.1, -0.05) is 36.9 Å². The van der Waals surface area contributed by atoms with E-state index in [0.29, 0.717) is 6.04 Å². The molecule has 0 radical (unpaired) electrons. The summed E-state index contributed by atoms with van der Waals surface area (Å²) in [6.07, 6.45) is 8.66. The Morgan fingerprint density at radius 2 is 1.95 bits per heavy atom. The van der Waals surface area contributed by atoms with Crippen LogP contribution in [0.4, 0.5) is 11.6 Å². The topological polar surface area (TPSA) is 29.9 Å². The van der Waals surface area contributed by atoms with Gasteiger partial charge in [-0.15, -0.1) is 0 Å². The van der Waals surface area contributed by atoms with Crippen molar-refractivity contribution in [1.29, 1.82) is 0 Å². The number of aromatic nitrogens is 2. The van der Waals surface area contributed by atoms with Gasteiger partial charge in [0.2, 0.25) is 5.95 Å². The van der Waals surface area contributed by atoms with Gasteiger partial charge < -0.3 is 9.88 Å². The predicted octanol–water partition coefficient (Wildman–Crippen LogP) is 5.40. The Hall–Kier alpha value is -1.48. The van der Waals surface area contributed by atoms with Crippen molar-refractivity contribution in [2.75, 3.05) is 5.32 Å². The number of hydrogen-bond acceptors (Lipinski definition) is 2. The Morgan fingerprint density at radius 3 is 2.71 bits per heavy atom. The summed E-state index contributed by atoms with van der Waals surface area (Å²) in [6, 6.07) is 6.51. The van der Waals surface area contributed by atoms with Gasteiger partial charge >= 0.3 is 0 Å². The van der Waals surface area contributed by atoms with Crippen LogP contribution in [0.1, 0.15) is 49.4 Å². The Balaban J connectivity index is 1.89. The Bertz CT molecular complexity index is 627. The predicted molar refractivity (Wildman–Crippen MR) is 88.6 cm³/mol. The number of imidazole rings is 1. The molecule has 4 heteroatoms. The van der Waals surface area contributed by atoms with Gasteiger partial charge in [0.25, 0.3) is 0 Å². The first-order chi connectivity index (χ1) is 10.1. The van der Waals surface area contributed by atoms with Crippen molar-refractivity contribution in [1.82, 2.24) is 9.55 Å². The average molecular weight is 304 g/mol. The lowest BCUT2D eigenvalue weighted by molar-refractivity contribution is 0.356. The van der Waals surface area contributed by atoms with E-state index in [2.05, 4.69) is 34.1 Å². The van der Waals surface area contributed by atoms with Crippen molar-refractivity contribution in [3.8, 4) is 0 Å². The largest absolute Gasteiger partial charge is 0.325 e. The first-order valence-electron chi connectivity index (χ1n) is 7.73. The lowest BCUT2D eigenvalue weighted by atomic mass is 9.95. The third-order valence-electron chi connectivity index (χ3n) is 4.33. The molecule has 1 aliphatic rings. The van der Waals surface area contributed by atoms with Crippen LogP contribution in [0.2, 0.25) is 5.02 Å². The standard InChI is InChI=1S/C17H22ClN3/c1-12-11-21(14-7-4-3-5-8-14)17(19-12)20-16-10-6-9-15(18)13(16)2/h6,9-11,14H,3-5,7-8H2,1-2H3,(H,19,20). The van der Waals surface area contributed by atoms with E-state index in [0.717, 1.165) is 27.9 Å². The monoisotopic (exact) mass is 303 g/mol. The van der Waals surface area contributed by atoms with Gasteiger partial charge in [0, 0.05) is 22.9 Å². The molecule has 0 spiro atoms. The average Bonchev–Trinajstić information content (AvgIpc) is 2.86. The van der Waals surface area contributed by atoms with Crippen molar-refractivity contribution in [2.45, 2.75) is 52.0 Å². The third-order valence-corrected chi connectivity index (χ3v) is 4.74. The summed E-state index contributed by atoms with van der Waals surface area (Å²) in [5.41, 5.74) is 3.16. The van der Waals surface area contributed by atoms with Crippen LogP contribution in [-0.4, -0.2) is 9.55 Å². The number of benzene rings is 1. The molecule has 3 rings (SSSR count). The molecule has 0 aliphatic heterocycles. The van der Waals surface area contributed by atoms with E-state index in [-0.39, 0.29) is 0 Å². The molecular weight excluding hydrogens is 282 g/mol. The number of nitrogens with one attached hydrogen (secondary N) is 1. The molecule has 3 nitrogen and oxygen atoms in total. The molecule has 0 atom stereocenters. The molecule has 2 aromatic rings. The summed E-state index contributed by atoms with van der Waals surface area (Å²) in [6.45, 7) is 4.08. The number of hydrogen-bond donors (Lipinski definition) is 1. The van der Waals surface area contributed by atoms with E-state index in [1.807, 2.05) is 19.1 Å². The summed E-state index contributed by atoms with van der Waals surface area (Å²) in [5.74, 6) is 0.935. The van der Waals surface area contributed by atoms with Crippen LogP contribution in [-0.2, 0) is 0 Å². The number of anilines is 2. The summed E-state index contributed by atoms with van der Waals surface area (Å²) in [7, 11) is 0. The van der Waals surface area contributed by atoms with Gasteiger partial charge in [0.15, 0.2) is 0 Å². The van der Waals surface area contributed by atoms with E-state index < -0.39 is 0 Å². The third kappa shape index (κ3) is 3.08. The number of rotatable bonds is 3. The number of nitrogens with zero attached hydrogens (tertiary/aromatic N) is 2. The highest BCUT2D eigenvalue weighted by molar-refractivity contribution is 6.31.